The lowest BCUT2D eigenvalue weighted by molar-refractivity contribution is 0.431. The molecule has 5 heteroatoms. The topological polar surface area (TPSA) is 52.0 Å². The molecule has 0 spiro atoms. The standard InChI is InChI=1S/C11H11BrN2OS/c1-6-7(2)15-11(14-6)16-10-4-3-8(12)5-9(10)13/h3-5H,13H2,1-2H3. The summed E-state index contributed by atoms with van der Waals surface area (Å²) in [5, 5.41) is 0.629. The fraction of sp³-hybridized carbons (Fsp3) is 0.182. The number of nitrogens with zero attached hydrogens (tertiary/aromatic N) is 1. The van der Waals surface area contributed by atoms with Crippen molar-refractivity contribution in [2.24, 2.45) is 0 Å². The first kappa shape index (κ1) is 11.5. The molecule has 1 aromatic carbocycles. The zero-order valence-corrected chi connectivity index (χ0v) is 11.4. The first-order valence-corrected chi connectivity index (χ1v) is 6.34. The summed E-state index contributed by atoms with van der Waals surface area (Å²) < 4.78 is 6.45. The molecule has 0 saturated carbocycles. The van der Waals surface area contributed by atoms with Crippen LogP contribution in [0.5, 0.6) is 0 Å². The lowest BCUT2D eigenvalue weighted by Gasteiger charge is -2.02. The van der Waals surface area contributed by atoms with E-state index in [4.69, 9.17) is 10.2 Å². The summed E-state index contributed by atoms with van der Waals surface area (Å²) >= 11 is 4.80. The van der Waals surface area contributed by atoms with E-state index in [0.29, 0.717) is 10.9 Å². The van der Waals surface area contributed by atoms with Crippen molar-refractivity contribution in [3.05, 3.63) is 34.1 Å². The lowest BCUT2D eigenvalue weighted by atomic mass is 10.3. The van der Waals surface area contributed by atoms with Gasteiger partial charge in [0.2, 0.25) is 0 Å². The lowest BCUT2D eigenvalue weighted by Crippen LogP contribution is -1.88. The largest absolute Gasteiger partial charge is 0.436 e. The van der Waals surface area contributed by atoms with Crippen LogP contribution in [0.15, 0.2) is 37.2 Å². The van der Waals surface area contributed by atoms with E-state index in [9.17, 15) is 0 Å². The van der Waals surface area contributed by atoms with E-state index >= 15 is 0 Å². The highest BCUT2D eigenvalue weighted by Gasteiger charge is 2.09. The zero-order valence-electron chi connectivity index (χ0n) is 8.95. The summed E-state index contributed by atoms with van der Waals surface area (Å²) in [7, 11) is 0. The molecule has 16 heavy (non-hydrogen) atoms. The number of hydrogen-bond acceptors (Lipinski definition) is 4. The predicted octanol–water partition coefficient (Wildman–Crippen LogP) is 3.79. The van der Waals surface area contributed by atoms with E-state index in [1.807, 2.05) is 32.0 Å². The number of halogens is 1. The molecule has 1 heterocycles. The Morgan fingerprint density at radius 1 is 1.38 bits per heavy atom. The molecule has 2 N–H and O–H groups in total. The number of anilines is 1. The van der Waals surface area contributed by atoms with Gasteiger partial charge in [0.15, 0.2) is 0 Å². The van der Waals surface area contributed by atoms with Crippen molar-refractivity contribution in [1.29, 1.82) is 0 Å². The summed E-state index contributed by atoms with van der Waals surface area (Å²) in [6.45, 7) is 3.82. The second-order valence-corrected chi connectivity index (χ2v) is 5.31. The molecule has 0 fully saturated rings. The monoisotopic (exact) mass is 298 g/mol. The number of aromatic nitrogens is 1. The van der Waals surface area contributed by atoms with E-state index in [0.717, 1.165) is 20.8 Å². The van der Waals surface area contributed by atoms with E-state index in [2.05, 4.69) is 20.9 Å². The molecule has 1 aromatic heterocycles. The quantitative estimate of drug-likeness (QED) is 0.857. The fourth-order valence-electron chi connectivity index (χ4n) is 1.19. The van der Waals surface area contributed by atoms with Crippen LogP contribution in [0.4, 0.5) is 5.69 Å². The number of rotatable bonds is 2. The molecule has 3 nitrogen and oxygen atoms in total. The number of benzene rings is 1. The molecular weight excluding hydrogens is 288 g/mol. The number of nitrogens with two attached hydrogens (primary N) is 1. The molecule has 0 atom stereocenters. The molecule has 0 aliphatic heterocycles. The molecule has 0 saturated heterocycles. The van der Waals surface area contributed by atoms with Crippen molar-refractivity contribution in [2.45, 2.75) is 24.0 Å². The summed E-state index contributed by atoms with van der Waals surface area (Å²) in [5.41, 5.74) is 7.52. The summed E-state index contributed by atoms with van der Waals surface area (Å²) in [5.74, 6) is 0.846. The summed E-state index contributed by atoms with van der Waals surface area (Å²) in [6, 6.07) is 5.76. The molecule has 0 aliphatic carbocycles. The fourth-order valence-corrected chi connectivity index (χ4v) is 2.42. The highest BCUT2D eigenvalue weighted by molar-refractivity contribution is 9.10. The molecule has 0 bridgehead atoms. The SMILES string of the molecule is Cc1nc(Sc2ccc(Br)cc2N)oc1C. The third-order valence-electron chi connectivity index (χ3n) is 2.18. The first-order chi connectivity index (χ1) is 7.56. The van der Waals surface area contributed by atoms with Crippen LogP contribution in [-0.2, 0) is 0 Å². The van der Waals surface area contributed by atoms with Crippen molar-refractivity contribution >= 4 is 33.4 Å². The van der Waals surface area contributed by atoms with Gasteiger partial charge in [0.1, 0.15) is 5.76 Å². The number of nitrogen functional groups attached to an aromatic ring is 1. The number of oxazole rings is 1. The van der Waals surface area contributed by atoms with Gasteiger partial charge in [-0.3, -0.25) is 0 Å². The first-order valence-electron chi connectivity index (χ1n) is 4.73. The van der Waals surface area contributed by atoms with Crippen molar-refractivity contribution in [3.8, 4) is 0 Å². The van der Waals surface area contributed by atoms with E-state index in [-0.39, 0.29) is 0 Å². The Bertz CT molecular complexity index is 505. The van der Waals surface area contributed by atoms with Crippen molar-refractivity contribution in [2.75, 3.05) is 5.73 Å². The van der Waals surface area contributed by atoms with Gasteiger partial charge in [-0.2, -0.15) is 0 Å². The molecule has 0 aliphatic rings. The van der Waals surface area contributed by atoms with Crippen LogP contribution in [0.2, 0.25) is 0 Å². The van der Waals surface area contributed by atoms with Gasteiger partial charge in [-0.1, -0.05) is 15.9 Å². The average Bonchev–Trinajstić information content (AvgIpc) is 2.51. The Labute approximate surface area is 107 Å². The molecule has 0 amide bonds. The van der Waals surface area contributed by atoms with Crippen molar-refractivity contribution in [3.63, 3.8) is 0 Å². The van der Waals surface area contributed by atoms with Gasteiger partial charge in [0.05, 0.1) is 5.69 Å². The van der Waals surface area contributed by atoms with E-state index < -0.39 is 0 Å². The molecule has 2 rings (SSSR count). The maximum atomic E-state index is 5.89. The number of aryl methyl sites for hydroxylation is 2. The number of hydrogen-bond donors (Lipinski definition) is 1. The molecule has 0 radical (unpaired) electrons. The highest BCUT2D eigenvalue weighted by Crippen LogP contribution is 2.33. The van der Waals surface area contributed by atoms with Crippen LogP contribution in [0.3, 0.4) is 0 Å². The van der Waals surface area contributed by atoms with E-state index in [1.165, 1.54) is 11.8 Å². The van der Waals surface area contributed by atoms with Gasteiger partial charge < -0.3 is 10.2 Å². The van der Waals surface area contributed by atoms with Crippen molar-refractivity contribution in [1.82, 2.24) is 4.98 Å². The highest BCUT2D eigenvalue weighted by atomic mass is 79.9. The van der Waals surface area contributed by atoms with Gasteiger partial charge in [-0.25, -0.2) is 4.98 Å². The van der Waals surface area contributed by atoms with Crippen LogP contribution in [0, 0.1) is 13.8 Å². The smallest absolute Gasteiger partial charge is 0.261 e. The maximum Gasteiger partial charge on any atom is 0.261 e. The molecule has 0 unspecified atom stereocenters. The molecular formula is C11H11BrN2OS. The van der Waals surface area contributed by atoms with Gasteiger partial charge in [0, 0.05) is 15.1 Å². The van der Waals surface area contributed by atoms with Crippen LogP contribution in [0.1, 0.15) is 11.5 Å². The van der Waals surface area contributed by atoms with Crippen LogP contribution < -0.4 is 5.73 Å². The Morgan fingerprint density at radius 2 is 2.12 bits per heavy atom. The predicted molar refractivity (Wildman–Crippen MR) is 68.7 cm³/mol. The average molecular weight is 299 g/mol. The Morgan fingerprint density at radius 3 is 2.69 bits per heavy atom. The van der Waals surface area contributed by atoms with Crippen LogP contribution in [-0.4, -0.2) is 4.98 Å². The Balaban J connectivity index is 2.27. The van der Waals surface area contributed by atoms with Gasteiger partial charge >= 0.3 is 0 Å². The third-order valence-corrected chi connectivity index (χ3v) is 3.61. The second-order valence-electron chi connectivity index (χ2n) is 3.41. The minimum Gasteiger partial charge on any atom is -0.436 e. The van der Waals surface area contributed by atoms with Gasteiger partial charge in [-0.05, 0) is 43.8 Å². The van der Waals surface area contributed by atoms with Crippen LogP contribution >= 0.6 is 27.7 Å². The van der Waals surface area contributed by atoms with Crippen molar-refractivity contribution < 1.29 is 4.42 Å². The maximum absolute atomic E-state index is 5.89. The Kier molecular flexibility index (Phi) is 3.25. The van der Waals surface area contributed by atoms with Gasteiger partial charge in [-0.15, -0.1) is 0 Å². The minimum absolute atomic E-state index is 0.629. The normalized spacial score (nSPS) is 10.7. The Hall–Kier alpha value is -0.940. The molecule has 2 aromatic rings. The third kappa shape index (κ3) is 2.41. The zero-order chi connectivity index (χ0) is 11.7. The van der Waals surface area contributed by atoms with Gasteiger partial charge in [0.25, 0.3) is 5.22 Å². The molecule has 84 valence electrons. The van der Waals surface area contributed by atoms with E-state index in [1.54, 1.807) is 0 Å². The summed E-state index contributed by atoms with van der Waals surface area (Å²) in [6.07, 6.45) is 0. The minimum atomic E-state index is 0.629. The second kappa shape index (κ2) is 4.51. The summed E-state index contributed by atoms with van der Waals surface area (Å²) in [4.78, 5) is 5.25. The van der Waals surface area contributed by atoms with Crippen LogP contribution in [0.25, 0.3) is 0 Å².